The van der Waals surface area contributed by atoms with Gasteiger partial charge in [0.1, 0.15) is 0 Å². The average Bonchev–Trinajstić information content (AvgIpc) is 2.24. The van der Waals surface area contributed by atoms with E-state index in [2.05, 4.69) is 25.7 Å². The lowest BCUT2D eigenvalue weighted by atomic mass is 10.1. The molecule has 0 atom stereocenters. The third-order valence-electron chi connectivity index (χ3n) is 2.83. The Kier molecular flexibility index (Phi) is 4.55. The molecule has 0 saturated heterocycles. The van der Waals surface area contributed by atoms with Gasteiger partial charge in [-0.15, -0.1) is 0 Å². The summed E-state index contributed by atoms with van der Waals surface area (Å²) in [7, 11) is 0. The van der Waals surface area contributed by atoms with Crippen LogP contribution >= 0.6 is 0 Å². The first-order chi connectivity index (χ1) is 7.97. The number of nitrogens with two attached hydrogens (primary N) is 1. The molecule has 17 heavy (non-hydrogen) atoms. The zero-order valence-electron chi connectivity index (χ0n) is 11.2. The van der Waals surface area contributed by atoms with Gasteiger partial charge in [0, 0.05) is 29.5 Å². The van der Waals surface area contributed by atoms with Crippen molar-refractivity contribution >= 4 is 17.2 Å². The van der Waals surface area contributed by atoms with Crippen LogP contribution in [0.3, 0.4) is 0 Å². The van der Waals surface area contributed by atoms with Crippen molar-refractivity contribution in [3.8, 4) is 0 Å². The molecule has 1 rings (SSSR count). The molecule has 0 spiro atoms. The predicted octanol–water partition coefficient (Wildman–Crippen LogP) is 3.10. The van der Waals surface area contributed by atoms with Crippen LogP contribution in [0.1, 0.15) is 44.5 Å². The second-order valence-electron chi connectivity index (χ2n) is 4.61. The number of ketones is 1. The van der Waals surface area contributed by atoms with Crippen molar-refractivity contribution in [3.05, 3.63) is 23.8 Å². The van der Waals surface area contributed by atoms with Crippen molar-refractivity contribution in [1.82, 2.24) is 0 Å². The summed E-state index contributed by atoms with van der Waals surface area (Å²) in [6, 6.07) is 6.12. The van der Waals surface area contributed by atoms with Crippen LogP contribution in [0.15, 0.2) is 18.2 Å². The molecule has 0 aliphatic heterocycles. The number of hydrogen-bond donors (Lipinski definition) is 1. The van der Waals surface area contributed by atoms with E-state index in [1.54, 1.807) is 0 Å². The molecule has 1 aromatic rings. The van der Waals surface area contributed by atoms with Crippen molar-refractivity contribution in [1.29, 1.82) is 0 Å². The third kappa shape index (κ3) is 3.22. The highest BCUT2D eigenvalue weighted by Crippen LogP contribution is 2.23. The number of benzene rings is 1. The lowest BCUT2D eigenvalue weighted by Crippen LogP contribution is -2.31. The number of nitrogen functional groups attached to an aromatic ring is 1. The molecule has 0 aliphatic carbocycles. The van der Waals surface area contributed by atoms with Crippen LogP contribution in [0.25, 0.3) is 0 Å². The van der Waals surface area contributed by atoms with E-state index < -0.39 is 0 Å². The van der Waals surface area contributed by atoms with Crippen molar-refractivity contribution in [2.24, 2.45) is 0 Å². The van der Waals surface area contributed by atoms with Gasteiger partial charge in [-0.2, -0.15) is 0 Å². The first kappa shape index (κ1) is 13.6. The van der Waals surface area contributed by atoms with Gasteiger partial charge in [-0.25, -0.2) is 0 Å². The van der Waals surface area contributed by atoms with Crippen LogP contribution in [-0.4, -0.2) is 18.4 Å². The minimum atomic E-state index is 0.0145. The summed E-state index contributed by atoms with van der Waals surface area (Å²) in [5.74, 6) is 0.0145. The molecule has 0 fully saturated rings. The number of rotatable bonds is 5. The van der Waals surface area contributed by atoms with Crippen molar-refractivity contribution < 1.29 is 4.79 Å². The van der Waals surface area contributed by atoms with Gasteiger partial charge in [-0.05, 0) is 45.4 Å². The summed E-state index contributed by atoms with van der Waals surface area (Å²) >= 11 is 0. The van der Waals surface area contributed by atoms with Crippen molar-refractivity contribution in [2.75, 3.05) is 17.2 Å². The molecule has 3 heteroatoms. The normalized spacial score (nSPS) is 10.6. The fraction of sp³-hybridized carbons (Fsp3) is 0.500. The molecule has 2 N–H and O–H groups in total. The fourth-order valence-corrected chi connectivity index (χ4v) is 1.98. The maximum absolute atomic E-state index is 11.3. The molecular weight excluding hydrogens is 212 g/mol. The van der Waals surface area contributed by atoms with Crippen molar-refractivity contribution in [2.45, 2.75) is 40.2 Å². The first-order valence-corrected chi connectivity index (χ1v) is 6.14. The molecule has 1 aromatic carbocycles. The highest BCUT2D eigenvalue weighted by molar-refractivity contribution is 5.99. The lowest BCUT2D eigenvalue weighted by Gasteiger charge is -2.29. The summed E-state index contributed by atoms with van der Waals surface area (Å²) < 4.78 is 0. The van der Waals surface area contributed by atoms with Crippen LogP contribution in [0, 0.1) is 0 Å². The SMILES string of the molecule is CCCN(c1ccc(C(C)=O)c(N)c1)C(C)C. The zero-order valence-corrected chi connectivity index (χ0v) is 11.2. The third-order valence-corrected chi connectivity index (χ3v) is 2.83. The molecule has 0 saturated carbocycles. The molecule has 94 valence electrons. The van der Waals surface area contributed by atoms with E-state index in [-0.39, 0.29) is 5.78 Å². The monoisotopic (exact) mass is 234 g/mol. The van der Waals surface area contributed by atoms with Gasteiger partial charge in [0.2, 0.25) is 0 Å². The maximum atomic E-state index is 11.3. The second kappa shape index (κ2) is 5.71. The molecule has 3 nitrogen and oxygen atoms in total. The first-order valence-electron chi connectivity index (χ1n) is 6.14. The van der Waals surface area contributed by atoms with Gasteiger partial charge in [0.15, 0.2) is 5.78 Å². The number of carbonyl (C=O) groups is 1. The number of hydrogen-bond acceptors (Lipinski definition) is 3. The smallest absolute Gasteiger partial charge is 0.161 e. The molecular formula is C14H22N2O. The van der Waals surface area contributed by atoms with Gasteiger partial charge >= 0.3 is 0 Å². The molecule has 0 aromatic heterocycles. The molecule has 0 amide bonds. The van der Waals surface area contributed by atoms with Crippen LogP contribution in [-0.2, 0) is 0 Å². The van der Waals surface area contributed by atoms with Gasteiger partial charge in [0.05, 0.1) is 0 Å². The van der Waals surface area contributed by atoms with Gasteiger partial charge in [-0.3, -0.25) is 4.79 Å². The highest BCUT2D eigenvalue weighted by atomic mass is 16.1. The predicted molar refractivity (Wildman–Crippen MR) is 73.6 cm³/mol. The summed E-state index contributed by atoms with van der Waals surface area (Å²) in [6.07, 6.45) is 1.09. The van der Waals surface area contributed by atoms with E-state index in [9.17, 15) is 4.79 Å². The Balaban J connectivity index is 3.06. The Morgan fingerprint density at radius 3 is 2.47 bits per heavy atom. The van der Waals surface area contributed by atoms with E-state index in [1.807, 2.05) is 18.2 Å². The van der Waals surface area contributed by atoms with Gasteiger partial charge < -0.3 is 10.6 Å². The minimum Gasteiger partial charge on any atom is -0.398 e. The number of carbonyl (C=O) groups excluding carboxylic acids is 1. The molecule has 0 aliphatic rings. The van der Waals surface area contributed by atoms with E-state index in [0.29, 0.717) is 17.3 Å². The van der Waals surface area contributed by atoms with Crippen LogP contribution in [0.2, 0.25) is 0 Å². The van der Waals surface area contributed by atoms with E-state index in [0.717, 1.165) is 18.7 Å². The van der Waals surface area contributed by atoms with Crippen LogP contribution < -0.4 is 10.6 Å². The highest BCUT2D eigenvalue weighted by Gasteiger charge is 2.12. The molecule has 0 radical (unpaired) electrons. The van der Waals surface area contributed by atoms with Gasteiger partial charge in [-0.1, -0.05) is 6.92 Å². The van der Waals surface area contributed by atoms with Crippen molar-refractivity contribution in [3.63, 3.8) is 0 Å². The van der Waals surface area contributed by atoms with Crippen LogP contribution in [0.5, 0.6) is 0 Å². The van der Waals surface area contributed by atoms with E-state index in [1.165, 1.54) is 6.92 Å². The van der Waals surface area contributed by atoms with E-state index in [4.69, 9.17) is 5.73 Å². The number of Topliss-reactive ketones (excluding diaryl/α,β-unsaturated/α-hetero) is 1. The molecule has 0 heterocycles. The van der Waals surface area contributed by atoms with Gasteiger partial charge in [0.25, 0.3) is 0 Å². The van der Waals surface area contributed by atoms with E-state index >= 15 is 0 Å². The van der Waals surface area contributed by atoms with Crippen LogP contribution in [0.4, 0.5) is 11.4 Å². The summed E-state index contributed by atoms with van der Waals surface area (Å²) in [5, 5.41) is 0. The fourth-order valence-electron chi connectivity index (χ4n) is 1.98. The standard InChI is InChI=1S/C14H22N2O/c1-5-8-16(10(2)3)12-6-7-13(11(4)17)14(15)9-12/h6-7,9-10H,5,8,15H2,1-4H3. The number of nitrogens with zero attached hydrogens (tertiary/aromatic N) is 1. The minimum absolute atomic E-state index is 0.0145. The Morgan fingerprint density at radius 1 is 1.41 bits per heavy atom. The quantitative estimate of drug-likeness (QED) is 0.629. The topological polar surface area (TPSA) is 46.3 Å². The Hall–Kier alpha value is -1.51. The summed E-state index contributed by atoms with van der Waals surface area (Å²) in [4.78, 5) is 13.6. The Morgan fingerprint density at radius 2 is 2.06 bits per heavy atom. The lowest BCUT2D eigenvalue weighted by molar-refractivity contribution is 0.101. The zero-order chi connectivity index (χ0) is 13.0. The summed E-state index contributed by atoms with van der Waals surface area (Å²) in [5.41, 5.74) is 8.17. The molecule has 0 unspecified atom stereocenters. The average molecular weight is 234 g/mol. The maximum Gasteiger partial charge on any atom is 0.161 e. The Labute approximate surface area is 104 Å². The Bertz CT molecular complexity index is 399. The largest absolute Gasteiger partial charge is 0.398 e. The second-order valence-corrected chi connectivity index (χ2v) is 4.61. The summed E-state index contributed by atoms with van der Waals surface area (Å²) in [6.45, 7) is 9.01. The molecule has 0 bridgehead atoms. The number of anilines is 2.